The first-order valence-corrected chi connectivity index (χ1v) is 3.58. The number of hydrogen-bond donors (Lipinski definition) is 1. The van der Waals surface area contributed by atoms with E-state index in [1.54, 1.807) is 12.1 Å². The average molecular weight is 168 g/mol. The minimum absolute atomic E-state index is 0.0473. The zero-order chi connectivity index (χ0) is 8.27. The first-order chi connectivity index (χ1) is 5.29. The van der Waals surface area contributed by atoms with Gasteiger partial charge in [-0.05, 0) is 11.6 Å². The molecule has 0 spiro atoms. The molecular formula is C9H8ClO. The number of aliphatic hydroxyl groups excluding tert-OH is 1. The normalized spacial score (nSPS) is 9.64. The third-order valence-electron chi connectivity index (χ3n) is 1.44. The molecule has 0 fully saturated rings. The first kappa shape index (κ1) is 8.31. The molecule has 1 rings (SSSR count). The summed E-state index contributed by atoms with van der Waals surface area (Å²) >= 11 is 5.85. The fourth-order valence-corrected chi connectivity index (χ4v) is 1.09. The van der Waals surface area contributed by atoms with Crippen molar-refractivity contribution in [1.82, 2.24) is 0 Å². The van der Waals surface area contributed by atoms with Crippen LogP contribution >= 0.6 is 11.6 Å². The molecule has 0 aromatic heterocycles. The molecular weight excluding hydrogens is 160 g/mol. The maximum atomic E-state index is 8.81. The van der Waals surface area contributed by atoms with Gasteiger partial charge in [0.2, 0.25) is 0 Å². The van der Waals surface area contributed by atoms with E-state index in [1.165, 1.54) is 0 Å². The Balaban J connectivity index is 3.20. The molecule has 0 amide bonds. The highest BCUT2D eigenvalue weighted by Crippen LogP contribution is 2.20. The average Bonchev–Trinajstić information content (AvgIpc) is 2.05. The van der Waals surface area contributed by atoms with E-state index in [0.29, 0.717) is 10.6 Å². The number of halogens is 1. The van der Waals surface area contributed by atoms with Crippen LogP contribution in [0.25, 0.3) is 0 Å². The summed E-state index contributed by atoms with van der Waals surface area (Å²) in [5.74, 6) is 0. The van der Waals surface area contributed by atoms with E-state index < -0.39 is 0 Å². The van der Waals surface area contributed by atoms with Crippen LogP contribution in [0.2, 0.25) is 5.02 Å². The van der Waals surface area contributed by atoms with Crippen LogP contribution < -0.4 is 0 Å². The van der Waals surface area contributed by atoms with Gasteiger partial charge >= 0.3 is 0 Å². The van der Waals surface area contributed by atoms with Gasteiger partial charge in [-0.1, -0.05) is 36.4 Å². The van der Waals surface area contributed by atoms with Gasteiger partial charge in [-0.15, -0.1) is 0 Å². The number of hydrogen-bond acceptors (Lipinski definition) is 1. The summed E-state index contributed by atoms with van der Waals surface area (Å²) < 4.78 is 0. The van der Waals surface area contributed by atoms with Crippen molar-refractivity contribution in [1.29, 1.82) is 0 Å². The van der Waals surface area contributed by atoms with Gasteiger partial charge in [0, 0.05) is 5.56 Å². The smallest absolute Gasteiger partial charge is 0.0696 e. The monoisotopic (exact) mass is 167 g/mol. The lowest BCUT2D eigenvalue weighted by molar-refractivity contribution is 0.282. The maximum absolute atomic E-state index is 8.81. The number of aliphatic hydroxyl groups is 1. The molecule has 0 aliphatic carbocycles. The Labute approximate surface area is 70.9 Å². The standard InChI is InChI=1S/C9H8ClO/c1-2-7-4-3-5-8(6-11)9(7)10/h3-5,11H,1,6H2. The third kappa shape index (κ3) is 1.62. The van der Waals surface area contributed by atoms with Crippen LogP contribution in [0.3, 0.4) is 0 Å². The Morgan fingerprint density at radius 2 is 2.27 bits per heavy atom. The SMILES string of the molecule is C=[C]c1cccc(CO)c1Cl. The minimum atomic E-state index is -0.0473. The molecule has 1 N–H and O–H groups in total. The van der Waals surface area contributed by atoms with Crippen molar-refractivity contribution < 1.29 is 5.11 Å². The molecule has 0 atom stereocenters. The zero-order valence-electron chi connectivity index (χ0n) is 5.97. The van der Waals surface area contributed by atoms with Gasteiger partial charge in [0.15, 0.2) is 0 Å². The molecule has 0 bridgehead atoms. The lowest BCUT2D eigenvalue weighted by Crippen LogP contribution is -1.86. The topological polar surface area (TPSA) is 20.2 Å². The first-order valence-electron chi connectivity index (χ1n) is 3.21. The molecule has 57 valence electrons. The van der Waals surface area contributed by atoms with Crippen LogP contribution in [0.5, 0.6) is 0 Å². The lowest BCUT2D eigenvalue weighted by atomic mass is 10.1. The van der Waals surface area contributed by atoms with Crippen molar-refractivity contribution in [3.05, 3.63) is 47.0 Å². The Morgan fingerprint density at radius 1 is 1.55 bits per heavy atom. The molecule has 0 heterocycles. The molecule has 2 heteroatoms. The second-order valence-electron chi connectivity index (χ2n) is 2.11. The highest BCUT2D eigenvalue weighted by molar-refractivity contribution is 6.32. The fraction of sp³-hybridized carbons (Fsp3) is 0.111. The van der Waals surface area contributed by atoms with Crippen LogP contribution in [-0.4, -0.2) is 5.11 Å². The van der Waals surface area contributed by atoms with Gasteiger partial charge < -0.3 is 5.11 Å². The summed E-state index contributed by atoms with van der Waals surface area (Å²) in [6.07, 6.45) is 2.68. The molecule has 0 aliphatic rings. The van der Waals surface area contributed by atoms with Crippen molar-refractivity contribution in [2.75, 3.05) is 0 Å². The van der Waals surface area contributed by atoms with Crippen LogP contribution in [0.1, 0.15) is 11.1 Å². The van der Waals surface area contributed by atoms with Gasteiger partial charge in [0.25, 0.3) is 0 Å². The van der Waals surface area contributed by atoms with E-state index in [-0.39, 0.29) is 6.61 Å². The van der Waals surface area contributed by atoms with Gasteiger partial charge in [-0.2, -0.15) is 0 Å². The highest BCUT2D eigenvalue weighted by Gasteiger charge is 2.00. The van der Waals surface area contributed by atoms with E-state index >= 15 is 0 Å². The third-order valence-corrected chi connectivity index (χ3v) is 1.89. The Morgan fingerprint density at radius 3 is 2.82 bits per heavy atom. The van der Waals surface area contributed by atoms with Crippen molar-refractivity contribution in [2.45, 2.75) is 6.61 Å². The summed E-state index contributed by atoms with van der Waals surface area (Å²) in [7, 11) is 0. The largest absolute Gasteiger partial charge is 0.392 e. The Bertz CT molecular complexity index is 268. The lowest BCUT2D eigenvalue weighted by Gasteiger charge is -2.01. The van der Waals surface area contributed by atoms with E-state index in [4.69, 9.17) is 16.7 Å². The Kier molecular flexibility index (Phi) is 2.69. The summed E-state index contributed by atoms with van der Waals surface area (Å²) in [4.78, 5) is 0. The van der Waals surface area contributed by atoms with Crippen LogP contribution in [-0.2, 0) is 6.61 Å². The number of rotatable bonds is 2. The molecule has 1 radical (unpaired) electrons. The van der Waals surface area contributed by atoms with Crippen molar-refractivity contribution in [2.24, 2.45) is 0 Å². The maximum Gasteiger partial charge on any atom is 0.0696 e. The number of benzene rings is 1. The van der Waals surface area contributed by atoms with Gasteiger partial charge in [0.1, 0.15) is 0 Å². The van der Waals surface area contributed by atoms with E-state index in [0.717, 1.165) is 5.56 Å². The molecule has 1 nitrogen and oxygen atoms in total. The van der Waals surface area contributed by atoms with Crippen molar-refractivity contribution in [3.63, 3.8) is 0 Å². The summed E-state index contributed by atoms with van der Waals surface area (Å²) in [6, 6.07) is 5.38. The van der Waals surface area contributed by atoms with Gasteiger partial charge in [-0.3, -0.25) is 0 Å². The van der Waals surface area contributed by atoms with Crippen molar-refractivity contribution >= 4 is 11.6 Å². The molecule has 1 aromatic carbocycles. The quantitative estimate of drug-likeness (QED) is 0.716. The zero-order valence-corrected chi connectivity index (χ0v) is 6.73. The molecule has 11 heavy (non-hydrogen) atoms. The predicted molar refractivity (Wildman–Crippen MR) is 45.3 cm³/mol. The van der Waals surface area contributed by atoms with E-state index in [1.807, 2.05) is 6.07 Å². The second-order valence-corrected chi connectivity index (χ2v) is 2.49. The van der Waals surface area contributed by atoms with E-state index in [9.17, 15) is 0 Å². The molecule has 0 aliphatic heterocycles. The van der Waals surface area contributed by atoms with Crippen molar-refractivity contribution in [3.8, 4) is 0 Å². The van der Waals surface area contributed by atoms with E-state index in [2.05, 4.69) is 12.7 Å². The Hall–Kier alpha value is -0.790. The summed E-state index contributed by atoms with van der Waals surface area (Å²) in [5, 5.41) is 9.34. The summed E-state index contributed by atoms with van der Waals surface area (Å²) in [6.45, 7) is 3.43. The minimum Gasteiger partial charge on any atom is -0.392 e. The molecule has 0 saturated heterocycles. The molecule has 1 aromatic rings. The van der Waals surface area contributed by atoms with Crippen LogP contribution in [0.4, 0.5) is 0 Å². The van der Waals surface area contributed by atoms with Gasteiger partial charge in [-0.25, -0.2) is 0 Å². The van der Waals surface area contributed by atoms with Gasteiger partial charge in [0.05, 0.1) is 11.6 Å². The predicted octanol–water partition coefficient (Wildman–Crippen LogP) is 2.17. The highest BCUT2D eigenvalue weighted by atomic mass is 35.5. The van der Waals surface area contributed by atoms with Crippen LogP contribution in [0.15, 0.2) is 24.8 Å². The van der Waals surface area contributed by atoms with Crippen LogP contribution in [0, 0.1) is 6.08 Å². The fourth-order valence-electron chi connectivity index (χ4n) is 0.838. The molecule has 0 saturated carbocycles. The molecule has 0 unspecified atom stereocenters. The second kappa shape index (κ2) is 3.56. The summed E-state index contributed by atoms with van der Waals surface area (Å²) in [5.41, 5.74) is 1.44.